The number of halogens is 2. The zero-order valence-corrected chi connectivity index (χ0v) is 13.3. The van der Waals surface area contributed by atoms with E-state index in [9.17, 15) is 22.3 Å². The van der Waals surface area contributed by atoms with Crippen LogP contribution in [0, 0.1) is 17.6 Å². The van der Waals surface area contributed by atoms with Crippen LogP contribution in [0.25, 0.3) is 0 Å². The molecule has 0 aliphatic carbocycles. The summed E-state index contributed by atoms with van der Waals surface area (Å²) in [6, 6.07) is 1.86. The Hall–Kier alpha value is -1.09. The van der Waals surface area contributed by atoms with Crippen LogP contribution in [-0.2, 0) is 14.8 Å². The van der Waals surface area contributed by atoms with Crippen LogP contribution in [0.2, 0.25) is 0 Å². The van der Waals surface area contributed by atoms with E-state index in [-0.39, 0.29) is 19.1 Å². The summed E-state index contributed by atoms with van der Waals surface area (Å²) in [4.78, 5) is -0.395. The lowest BCUT2D eigenvalue weighted by atomic mass is 9.90. The molecule has 1 aromatic rings. The highest BCUT2D eigenvalue weighted by Gasteiger charge is 2.43. The SMILES string of the molecule is O=S(=O)(c1cc(F)cc(F)c1)N1CCC[C@@H]1[C@H]1COCC[C@H]1O. The van der Waals surface area contributed by atoms with E-state index in [4.69, 9.17) is 4.74 Å². The van der Waals surface area contributed by atoms with Crippen LogP contribution in [0.4, 0.5) is 8.78 Å². The fourth-order valence-corrected chi connectivity index (χ4v) is 5.20. The summed E-state index contributed by atoms with van der Waals surface area (Å²) in [5.41, 5.74) is 0. The van der Waals surface area contributed by atoms with Crippen LogP contribution in [0.5, 0.6) is 0 Å². The zero-order valence-electron chi connectivity index (χ0n) is 12.5. The minimum atomic E-state index is -4.02. The second kappa shape index (κ2) is 6.43. The van der Waals surface area contributed by atoms with E-state index in [0.717, 1.165) is 12.1 Å². The second-order valence-electron chi connectivity index (χ2n) is 6.03. The number of ether oxygens (including phenoxy) is 1. The monoisotopic (exact) mass is 347 g/mol. The Morgan fingerprint density at radius 3 is 2.52 bits per heavy atom. The summed E-state index contributed by atoms with van der Waals surface area (Å²) in [6.07, 6.45) is 1.07. The molecule has 0 amide bonds. The van der Waals surface area contributed by atoms with Gasteiger partial charge in [0.1, 0.15) is 11.6 Å². The molecule has 0 bridgehead atoms. The van der Waals surface area contributed by atoms with E-state index < -0.39 is 38.7 Å². The van der Waals surface area contributed by atoms with Crippen molar-refractivity contribution < 1.29 is 27.0 Å². The molecule has 0 aromatic heterocycles. The van der Waals surface area contributed by atoms with Crippen LogP contribution in [0.3, 0.4) is 0 Å². The Bertz CT molecular complexity index is 662. The lowest BCUT2D eigenvalue weighted by molar-refractivity contribution is -0.0543. The van der Waals surface area contributed by atoms with Crippen LogP contribution >= 0.6 is 0 Å². The van der Waals surface area contributed by atoms with Gasteiger partial charge >= 0.3 is 0 Å². The smallest absolute Gasteiger partial charge is 0.243 e. The van der Waals surface area contributed by atoms with E-state index in [0.29, 0.717) is 31.9 Å². The molecule has 2 saturated heterocycles. The largest absolute Gasteiger partial charge is 0.393 e. The molecule has 128 valence electrons. The van der Waals surface area contributed by atoms with E-state index in [1.807, 2.05) is 0 Å². The van der Waals surface area contributed by atoms with Crippen molar-refractivity contribution in [3.8, 4) is 0 Å². The molecular formula is C15H19F2NO4S. The van der Waals surface area contributed by atoms with E-state index in [1.165, 1.54) is 4.31 Å². The summed E-state index contributed by atoms with van der Waals surface area (Å²) in [6.45, 7) is 1.01. The van der Waals surface area contributed by atoms with Gasteiger partial charge in [-0.3, -0.25) is 0 Å². The van der Waals surface area contributed by atoms with Crippen LogP contribution in [-0.4, -0.2) is 49.7 Å². The first-order valence-corrected chi connectivity index (χ1v) is 9.07. The van der Waals surface area contributed by atoms with E-state index in [2.05, 4.69) is 0 Å². The Morgan fingerprint density at radius 1 is 1.17 bits per heavy atom. The number of rotatable bonds is 3. The third-order valence-electron chi connectivity index (χ3n) is 4.55. The molecule has 3 rings (SSSR count). The Balaban J connectivity index is 1.91. The summed E-state index contributed by atoms with van der Waals surface area (Å²) in [7, 11) is -4.02. The average molecular weight is 347 g/mol. The first-order chi connectivity index (χ1) is 10.9. The molecule has 2 heterocycles. The van der Waals surface area contributed by atoms with Crippen molar-refractivity contribution in [1.82, 2.24) is 4.31 Å². The standard InChI is InChI=1S/C15H19F2NO4S/c16-10-6-11(17)8-12(7-10)23(20,21)18-4-1-2-14(18)13-9-22-5-3-15(13)19/h6-8,13-15,19H,1-5,9H2/t13-,14-,15-/m1/s1. The van der Waals surface area contributed by atoms with E-state index in [1.54, 1.807) is 0 Å². The number of hydrogen-bond donors (Lipinski definition) is 1. The van der Waals surface area contributed by atoms with E-state index >= 15 is 0 Å². The predicted molar refractivity (Wildman–Crippen MR) is 78.2 cm³/mol. The maximum atomic E-state index is 13.4. The van der Waals surface area contributed by atoms with Gasteiger partial charge in [-0.05, 0) is 31.4 Å². The lowest BCUT2D eigenvalue weighted by Gasteiger charge is -2.36. The normalized spacial score (nSPS) is 29.8. The third kappa shape index (κ3) is 3.26. The highest BCUT2D eigenvalue weighted by Crippen LogP contribution is 2.34. The maximum Gasteiger partial charge on any atom is 0.243 e. The first-order valence-electron chi connectivity index (χ1n) is 7.63. The molecule has 2 fully saturated rings. The highest BCUT2D eigenvalue weighted by atomic mass is 32.2. The van der Waals surface area contributed by atoms with Gasteiger partial charge in [0.05, 0.1) is 17.6 Å². The maximum absolute atomic E-state index is 13.4. The number of aliphatic hydroxyl groups is 1. The molecule has 2 aliphatic heterocycles. The minimum absolute atomic E-state index is 0.272. The molecule has 23 heavy (non-hydrogen) atoms. The molecular weight excluding hydrogens is 328 g/mol. The number of aliphatic hydroxyl groups excluding tert-OH is 1. The van der Waals surface area contributed by atoms with Gasteiger partial charge in [-0.1, -0.05) is 0 Å². The summed E-state index contributed by atoms with van der Waals surface area (Å²) in [5, 5.41) is 10.2. The first kappa shape index (κ1) is 16.8. The second-order valence-corrected chi connectivity index (χ2v) is 7.92. The van der Waals surface area contributed by atoms with Gasteiger partial charge in [-0.25, -0.2) is 17.2 Å². The number of nitrogens with zero attached hydrogens (tertiary/aromatic N) is 1. The average Bonchev–Trinajstić information content (AvgIpc) is 2.96. The molecule has 0 spiro atoms. The van der Waals surface area contributed by atoms with Gasteiger partial charge in [0, 0.05) is 31.2 Å². The van der Waals surface area contributed by atoms with Gasteiger partial charge in [-0.2, -0.15) is 4.31 Å². The highest BCUT2D eigenvalue weighted by molar-refractivity contribution is 7.89. The van der Waals surface area contributed by atoms with Gasteiger partial charge in [-0.15, -0.1) is 0 Å². The Kier molecular flexibility index (Phi) is 4.68. The number of hydrogen-bond acceptors (Lipinski definition) is 4. The number of sulfonamides is 1. The lowest BCUT2D eigenvalue weighted by Crippen LogP contribution is -2.48. The summed E-state index contributed by atoms with van der Waals surface area (Å²) in [5.74, 6) is -2.18. The molecule has 1 N–H and O–H groups in total. The Labute approximate surface area is 133 Å². The molecule has 0 saturated carbocycles. The van der Waals surface area contributed by atoms with Crippen molar-refractivity contribution >= 4 is 10.0 Å². The quantitative estimate of drug-likeness (QED) is 0.900. The van der Waals surface area contributed by atoms with Crippen LogP contribution in [0.15, 0.2) is 23.1 Å². The van der Waals surface area contributed by atoms with Gasteiger partial charge < -0.3 is 9.84 Å². The third-order valence-corrected chi connectivity index (χ3v) is 6.45. The molecule has 0 radical (unpaired) electrons. The van der Waals surface area contributed by atoms with Crippen molar-refractivity contribution in [2.75, 3.05) is 19.8 Å². The van der Waals surface area contributed by atoms with Gasteiger partial charge in [0.15, 0.2) is 0 Å². The van der Waals surface area contributed by atoms with Crippen molar-refractivity contribution in [3.05, 3.63) is 29.8 Å². The van der Waals surface area contributed by atoms with Gasteiger partial charge in [0.25, 0.3) is 0 Å². The molecule has 5 nitrogen and oxygen atoms in total. The molecule has 8 heteroatoms. The fourth-order valence-electron chi connectivity index (χ4n) is 3.42. The topological polar surface area (TPSA) is 66.8 Å². The van der Waals surface area contributed by atoms with Crippen molar-refractivity contribution in [2.24, 2.45) is 5.92 Å². The number of benzene rings is 1. The fraction of sp³-hybridized carbons (Fsp3) is 0.600. The van der Waals surface area contributed by atoms with Crippen LogP contribution < -0.4 is 0 Å². The predicted octanol–water partition coefficient (Wildman–Crippen LogP) is 1.52. The molecule has 0 unspecified atom stereocenters. The molecule has 1 aromatic carbocycles. The van der Waals surface area contributed by atoms with Crippen molar-refractivity contribution in [3.63, 3.8) is 0 Å². The summed E-state index contributed by atoms with van der Waals surface area (Å²) < 4.78 is 58.9. The molecule has 2 aliphatic rings. The summed E-state index contributed by atoms with van der Waals surface area (Å²) >= 11 is 0. The zero-order chi connectivity index (χ0) is 16.6. The van der Waals surface area contributed by atoms with Crippen molar-refractivity contribution in [2.45, 2.75) is 36.3 Å². The van der Waals surface area contributed by atoms with Crippen LogP contribution in [0.1, 0.15) is 19.3 Å². The minimum Gasteiger partial charge on any atom is -0.393 e. The van der Waals surface area contributed by atoms with Crippen molar-refractivity contribution in [1.29, 1.82) is 0 Å². The Morgan fingerprint density at radius 2 is 1.87 bits per heavy atom. The van der Waals surface area contributed by atoms with Gasteiger partial charge in [0.2, 0.25) is 10.0 Å². The molecule has 3 atom stereocenters.